The van der Waals surface area contributed by atoms with E-state index < -0.39 is 43.7 Å². The van der Waals surface area contributed by atoms with Crippen molar-refractivity contribution in [3.05, 3.63) is 54.6 Å². The predicted octanol–water partition coefficient (Wildman–Crippen LogP) is 7.46. The van der Waals surface area contributed by atoms with Gasteiger partial charge in [0.1, 0.15) is 0 Å². The minimum Gasteiger partial charge on any atom is -0.465 e. The average molecular weight is 783 g/mol. The monoisotopic (exact) mass is 782 g/mol. The zero-order valence-electron chi connectivity index (χ0n) is 33.3. The van der Waals surface area contributed by atoms with E-state index in [1.54, 1.807) is 30.3 Å². The highest BCUT2D eigenvalue weighted by atomic mass is 32.2. The minimum atomic E-state index is -3.78. The second-order valence-corrected chi connectivity index (χ2v) is 20.3. The number of benzene rings is 1. The van der Waals surface area contributed by atoms with Crippen LogP contribution in [-0.4, -0.2) is 83.2 Å². The molecule has 3 rings (SSSR count). The lowest BCUT2D eigenvalue weighted by Crippen LogP contribution is -2.32. The molecule has 2 fully saturated rings. The molecule has 0 saturated carbocycles. The maximum Gasteiger partial charge on any atom is 0.311 e. The Morgan fingerprint density at radius 2 is 1.70 bits per heavy atom. The van der Waals surface area contributed by atoms with Crippen molar-refractivity contribution in [2.75, 3.05) is 18.6 Å². The molecule has 1 N–H and O–H groups in total. The first-order valence-corrected chi connectivity index (χ1v) is 22.8. The molecule has 10 nitrogen and oxygen atoms in total. The molecule has 12 heteroatoms. The molecule has 0 aromatic heterocycles. The van der Waals surface area contributed by atoms with Crippen LogP contribution >= 0.6 is 0 Å². The summed E-state index contributed by atoms with van der Waals surface area (Å²) in [6.45, 7) is 22.4. The highest BCUT2D eigenvalue weighted by Gasteiger charge is 2.45. The predicted molar refractivity (Wildman–Crippen MR) is 208 cm³/mol. The van der Waals surface area contributed by atoms with Crippen molar-refractivity contribution >= 4 is 25.9 Å². The molecule has 53 heavy (non-hydrogen) atoms. The molecule has 302 valence electrons. The van der Waals surface area contributed by atoms with Gasteiger partial charge in [-0.15, -0.1) is 0 Å². The second-order valence-electron chi connectivity index (χ2n) is 16.7. The van der Waals surface area contributed by atoms with Gasteiger partial charge in [0, 0.05) is 12.3 Å². The van der Waals surface area contributed by atoms with Crippen LogP contribution in [0.5, 0.6) is 0 Å². The molecule has 4 unspecified atom stereocenters. The first-order valence-electron chi connectivity index (χ1n) is 19.3. The van der Waals surface area contributed by atoms with E-state index in [-0.39, 0.29) is 59.1 Å². The lowest BCUT2D eigenvalue weighted by Gasteiger charge is -2.28. The Hall–Kier alpha value is -2.09. The molecule has 0 aliphatic carbocycles. The SMILES string of the molecule is C=C1C[C@H](CCCOC(=O)C(C)(C)C)OC1CC[C@H](C[C@@H](C)C(=C)C(O)C[C@@H]1OC(CC(C)CC)[C@H](C)[C@H]1CS(=O)(=O)c1ccccc1)OS(C)(=O)=O. The molecule has 2 aliphatic heterocycles. The van der Waals surface area contributed by atoms with Crippen molar-refractivity contribution in [1.29, 1.82) is 0 Å². The number of esters is 1. The summed E-state index contributed by atoms with van der Waals surface area (Å²) in [6, 6.07) is 8.43. The Bertz CT molecular complexity index is 1570. The topological polar surface area (TPSA) is 142 Å². The van der Waals surface area contributed by atoms with Crippen molar-refractivity contribution in [3.8, 4) is 0 Å². The number of aliphatic hydroxyl groups is 1. The third-order valence-electron chi connectivity index (χ3n) is 10.9. The van der Waals surface area contributed by atoms with Gasteiger partial charge in [-0.05, 0) is 107 Å². The highest BCUT2D eigenvalue weighted by Crippen LogP contribution is 2.41. The summed E-state index contributed by atoms with van der Waals surface area (Å²) in [6.07, 6.45) is 3.66. The molecule has 2 aliphatic rings. The van der Waals surface area contributed by atoms with Crippen LogP contribution in [0.15, 0.2) is 59.5 Å². The number of ether oxygens (including phenoxy) is 3. The van der Waals surface area contributed by atoms with Gasteiger partial charge in [-0.1, -0.05) is 65.5 Å². The lowest BCUT2D eigenvalue weighted by atomic mass is 9.83. The summed E-state index contributed by atoms with van der Waals surface area (Å²) in [5.41, 5.74) is 0.910. The summed E-state index contributed by atoms with van der Waals surface area (Å²) >= 11 is 0. The Labute approximate surface area is 320 Å². The summed E-state index contributed by atoms with van der Waals surface area (Å²) in [4.78, 5) is 12.3. The van der Waals surface area contributed by atoms with Gasteiger partial charge in [0.15, 0.2) is 9.84 Å². The van der Waals surface area contributed by atoms with Crippen LogP contribution in [-0.2, 0) is 43.1 Å². The number of hydrogen-bond acceptors (Lipinski definition) is 10. The van der Waals surface area contributed by atoms with E-state index in [1.165, 1.54) is 0 Å². The summed E-state index contributed by atoms with van der Waals surface area (Å²) in [5, 5.41) is 11.5. The molecule has 0 bridgehead atoms. The number of rotatable bonds is 21. The van der Waals surface area contributed by atoms with Crippen LogP contribution in [0.1, 0.15) is 106 Å². The van der Waals surface area contributed by atoms with E-state index in [2.05, 4.69) is 27.0 Å². The molecule has 0 spiro atoms. The fourth-order valence-electron chi connectivity index (χ4n) is 7.33. The molecule has 1 aromatic carbocycles. The van der Waals surface area contributed by atoms with E-state index >= 15 is 0 Å². The Kier molecular flexibility index (Phi) is 16.8. The quantitative estimate of drug-likeness (QED) is 0.0578. The van der Waals surface area contributed by atoms with Crippen molar-refractivity contribution in [1.82, 2.24) is 0 Å². The third kappa shape index (κ3) is 14.2. The van der Waals surface area contributed by atoms with Crippen molar-refractivity contribution in [2.24, 2.45) is 29.1 Å². The van der Waals surface area contributed by atoms with E-state index in [9.17, 15) is 26.7 Å². The summed E-state index contributed by atoms with van der Waals surface area (Å²) in [5.74, 6) is -0.583. The largest absolute Gasteiger partial charge is 0.465 e. The van der Waals surface area contributed by atoms with Gasteiger partial charge < -0.3 is 19.3 Å². The molecule has 2 heterocycles. The van der Waals surface area contributed by atoms with Gasteiger partial charge in [0.05, 0.1) is 65.5 Å². The van der Waals surface area contributed by atoms with Crippen LogP contribution in [0.2, 0.25) is 0 Å². The Morgan fingerprint density at radius 3 is 2.30 bits per heavy atom. The molecular weight excluding hydrogens is 717 g/mol. The fourth-order valence-corrected chi connectivity index (χ4v) is 9.79. The lowest BCUT2D eigenvalue weighted by molar-refractivity contribution is -0.153. The van der Waals surface area contributed by atoms with Crippen LogP contribution < -0.4 is 0 Å². The van der Waals surface area contributed by atoms with Crippen LogP contribution in [0, 0.1) is 29.1 Å². The molecule has 10 atom stereocenters. The number of carbonyl (C=O) groups excluding carboxylic acids is 1. The average Bonchev–Trinajstić information content (AvgIpc) is 3.57. The van der Waals surface area contributed by atoms with Gasteiger partial charge in [0.2, 0.25) is 0 Å². The van der Waals surface area contributed by atoms with E-state index in [1.807, 2.05) is 34.6 Å². The normalized spacial score (nSPS) is 26.2. The van der Waals surface area contributed by atoms with E-state index in [0.29, 0.717) is 56.6 Å². The number of carbonyl (C=O) groups is 1. The molecule has 2 saturated heterocycles. The first-order chi connectivity index (χ1) is 24.6. The van der Waals surface area contributed by atoms with Crippen LogP contribution in [0.4, 0.5) is 0 Å². The number of hydrogen-bond donors (Lipinski definition) is 1. The maximum atomic E-state index is 13.5. The van der Waals surface area contributed by atoms with Crippen molar-refractivity contribution in [2.45, 2.75) is 148 Å². The Balaban J connectivity index is 1.62. The Morgan fingerprint density at radius 1 is 1.04 bits per heavy atom. The first kappa shape index (κ1) is 45.3. The van der Waals surface area contributed by atoms with E-state index in [4.69, 9.17) is 18.4 Å². The molecule has 0 radical (unpaired) electrons. The van der Waals surface area contributed by atoms with Crippen LogP contribution in [0.25, 0.3) is 0 Å². The van der Waals surface area contributed by atoms with E-state index in [0.717, 1.165) is 24.7 Å². The van der Waals surface area contributed by atoms with Crippen molar-refractivity contribution < 1.29 is 45.1 Å². The molecule has 1 aromatic rings. The molecular formula is C41H66O10S2. The van der Waals surface area contributed by atoms with Crippen LogP contribution in [0.3, 0.4) is 0 Å². The maximum absolute atomic E-state index is 13.5. The zero-order valence-corrected chi connectivity index (χ0v) is 34.9. The van der Waals surface area contributed by atoms with Gasteiger partial charge in [-0.2, -0.15) is 8.42 Å². The van der Waals surface area contributed by atoms with Gasteiger partial charge in [-0.3, -0.25) is 8.98 Å². The fraction of sp³-hybridized carbons (Fsp3) is 0.732. The number of aliphatic hydroxyl groups excluding tert-OH is 1. The molecule has 0 amide bonds. The summed E-state index contributed by atoms with van der Waals surface area (Å²) in [7, 11) is -7.38. The smallest absolute Gasteiger partial charge is 0.311 e. The third-order valence-corrected chi connectivity index (χ3v) is 13.4. The van der Waals surface area contributed by atoms with Gasteiger partial charge in [-0.25, -0.2) is 8.42 Å². The zero-order chi connectivity index (χ0) is 39.7. The summed E-state index contributed by atoms with van der Waals surface area (Å²) < 4.78 is 75.3. The second kappa shape index (κ2) is 19.7. The standard InChI is InChI=1S/C41H66O10S2/c1-11-27(2)22-38-31(6)35(26-53(46,47)34-17-13-12-14-18-34)39(50-38)25-36(42)30(5)28(3)23-33(51-52(10,44)45)19-20-37-29(4)24-32(49-37)16-15-21-48-40(43)41(7,8)9/h12-14,17-18,27-28,31-33,35-39,42H,4-5,11,15-16,19-26H2,1-3,6-10H3/t27?,28-,31-,32+,33-,35-,36?,37?,38?,39+/m1/s1. The minimum absolute atomic E-state index is 0.0314. The number of sulfone groups is 1. The highest BCUT2D eigenvalue weighted by molar-refractivity contribution is 7.91. The van der Waals surface area contributed by atoms with Crippen molar-refractivity contribution in [3.63, 3.8) is 0 Å². The van der Waals surface area contributed by atoms with Gasteiger partial charge >= 0.3 is 5.97 Å². The van der Waals surface area contributed by atoms with Gasteiger partial charge in [0.25, 0.3) is 10.1 Å².